The fourth-order valence-corrected chi connectivity index (χ4v) is 1.74. The number of fused-ring (bicyclic) bond motifs is 1. The van der Waals surface area contributed by atoms with Crippen molar-refractivity contribution in [2.75, 3.05) is 0 Å². The van der Waals surface area contributed by atoms with Crippen LogP contribution in [0.15, 0.2) is 24.4 Å². The number of aromatic amines is 1. The van der Waals surface area contributed by atoms with Crippen LogP contribution in [0.5, 0.6) is 0 Å². The number of carbonyl (C=O) groups excluding carboxylic acids is 1. The standard InChI is InChI=1S/C12H6F4N2O/c13-11(14)12(15,16)10(19)7-5-18-8-3-1-2-6(4-17)9(7)8/h1-3,5,11,18H. The number of halogens is 4. The van der Waals surface area contributed by atoms with E-state index in [-0.39, 0.29) is 16.5 Å². The number of hydrogen-bond acceptors (Lipinski definition) is 2. The summed E-state index contributed by atoms with van der Waals surface area (Å²) in [7, 11) is 0. The van der Waals surface area contributed by atoms with Gasteiger partial charge in [0.2, 0.25) is 5.78 Å². The number of carbonyl (C=O) groups is 1. The third-order valence-electron chi connectivity index (χ3n) is 2.65. The summed E-state index contributed by atoms with van der Waals surface area (Å²) in [5.41, 5.74) is -0.392. The Labute approximate surface area is 104 Å². The maximum absolute atomic E-state index is 13.1. The molecule has 0 saturated heterocycles. The molecule has 2 rings (SSSR count). The zero-order valence-corrected chi connectivity index (χ0v) is 9.25. The monoisotopic (exact) mass is 270 g/mol. The Balaban J connectivity index is 2.65. The predicted octanol–water partition coefficient (Wildman–Crippen LogP) is 3.12. The van der Waals surface area contributed by atoms with Crippen LogP contribution >= 0.6 is 0 Å². The van der Waals surface area contributed by atoms with Crippen molar-refractivity contribution in [1.29, 1.82) is 5.26 Å². The predicted molar refractivity (Wildman–Crippen MR) is 58.3 cm³/mol. The number of Topliss-reactive ketones (excluding diaryl/α,β-unsaturated/α-hetero) is 1. The Bertz CT molecular complexity index is 685. The van der Waals surface area contributed by atoms with Crippen LogP contribution in [0.3, 0.4) is 0 Å². The Morgan fingerprint density at radius 3 is 2.63 bits per heavy atom. The minimum atomic E-state index is -4.78. The van der Waals surface area contributed by atoms with E-state index < -0.39 is 23.7 Å². The first kappa shape index (κ1) is 13.1. The number of nitriles is 1. The summed E-state index contributed by atoms with van der Waals surface area (Å²) < 4.78 is 50.5. The summed E-state index contributed by atoms with van der Waals surface area (Å²) in [6, 6.07) is 5.98. The van der Waals surface area contributed by atoms with E-state index in [1.165, 1.54) is 18.2 Å². The summed E-state index contributed by atoms with van der Waals surface area (Å²) in [6.07, 6.45) is -3.19. The van der Waals surface area contributed by atoms with Crippen LogP contribution in [0.25, 0.3) is 10.9 Å². The average molecular weight is 270 g/mol. The molecule has 0 atom stereocenters. The first-order valence-electron chi connectivity index (χ1n) is 5.10. The highest BCUT2D eigenvalue weighted by atomic mass is 19.3. The molecule has 0 aliphatic carbocycles. The van der Waals surface area contributed by atoms with E-state index in [0.29, 0.717) is 0 Å². The third-order valence-corrected chi connectivity index (χ3v) is 2.65. The Kier molecular flexibility index (Phi) is 3.02. The highest BCUT2D eigenvalue weighted by molar-refractivity contribution is 6.12. The molecule has 0 aliphatic heterocycles. The molecule has 2 aromatic rings. The van der Waals surface area contributed by atoms with Gasteiger partial charge in [-0.3, -0.25) is 4.79 Å². The SMILES string of the molecule is N#Cc1cccc2[nH]cc(C(=O)C(F)(F)C(F)F)c12. The molecule has 1 N–H and O–H groups in total. The van der Waals surface area contributed by atoms with E-state index in [4.69, 9.17) is 5.26 Å². The van der Waals surface area contributed by atoms with Gasteiger partial charge in [0.15, 0.2) is 0 Å². The van der Waals surface area contributed by atoms with Crippen molar-refractivity contribution in [1.82, 2.24) is 4.98 Å². The van der Waals surface area contributed by atoms with Gasteiger partial charge in [0.1, 0.15) is 0 Å². The molecule has 0 saturated carbocycles. The lowest BCUT2D eigenvalue weighted by atomic mass is 10.0. The van der Waals surface area contributed by atoms with Crippen molar-refractivity contribution in [2.24, 2.45) is 0 Å². The number of alkyl halides is 4. The largest absolute Gasteiger partial charge is 0.368 e. The fraction of sp³-hybridized carbons (Fsp3) is 0.167. The van der Waals surface area contributed by atoms with Gasteiger partial charge in [0, 0.05) is 17.1 Å². The van der Waals surface area contributed by atoms with Crippen LogP contribution in [0.2, 0.25) is 0 Å². The van der Waals surface area contributed by atoms with Gasteiger partial charge in [-0.25, -0.2) is 8.78 Å². The molecule has 1 aromatic heterocycles. The maximum atomic E-state index is 13.1. The van der Waals surface area contributed by atoms with Gasteiger partial charge in [-0.1, -0.05) is 6.07 Å². The molecule has 1 heterocycles. The van der Waals surface area contributed by atoms with Crippen LogP contribution in [0.4, 0.5) is 17.6 Å². The Hall–Kier alpha value is -2.36. The van der Waals surface area contributed by atoms with Crippen molar-refractivity contribution in [3.63, 3.8) is 0 Å². The van der Waals surface area contributed by atoms with Crippen molar-refractivity contribution >= 4 is 16.7 Å². The first-order valence-corrected chi connectivity index (χ1v) is 5.10. The molecule has 19 heavy (non-hydrogen) atoms. The lowest BCUT2D eigenvalue weighted by Crippen LogP contribution is -2.36. The van der Waals surface area contributed by atoms with Gasteiger partial charge in [-0.15, -0.1) is 0 Å². The van der Waals surface area contributed by atoms with Crippen molar-refractivity contribution in [3.8, 4) is 6.07 Å². The molecule has 0 amide bonds. The fourth-order valence-electron chi connectivity index (χ4n) is 1.74. The summed E-state index contributed by atoms with van der Waals surface area (Å²) in [4.78, 5) is 14.0. The van der Waals surface area contributed by atoms with Crippen LogP contribution < -0.4 is 0 Å². The lowest BCUT2D eigenvalue weighted by molar-refractivity contribution is -0.0957. The molecule has 0 spiro atoms. The topological polar surface area (TPSA) is 56.6 Å². The van der Waals surface area contributed by atoms with Crippen molar-refractivity contribution in [2.45, 2.75) is 12.3 Å². The minimum absolute atomic E-state index is 0.0350. The van der Waals surface area contributed by atoms with E-state index in [1.54, 1.807) is 6.07 Å². The summed E-state index contributed by atoms with van der Waals surface area (Å²) in [5.74, 6) is -6.78. The Morgan fingerprint density at radius 1 is 1.37 bits per heavy atom. The number of ketones is 1. The molecular weight excluding hydrogens is 264 g/mol. The lowest BCUT2D eigenvalue weighted by Gasteiger charge is -2.13. The number of rotatable bonds is 3. The van der Waals surface area contributed by atoms with Crippen molar-refractivity contribution < 1.29 is 22.4 Å². The zero-order chi connectivity index (χ0) is 14.2. The average Bonchev–Trinajstić information content (AvgIpc) is 2.81. The van der Waals surface area contributed by atoms with E-state index in [9.17, 15) is 22.4 Å². The summed E-state index contributed by atoms with van der Waals surface area (Å²) in [6.45, 7) is 0. The number of benzene rings is 1. The van der Waals surface area contributed by atoms with Gasteiger partial charge < -0.3 is 4.98 Å². The molecule has 0 bridgehead atoms. The van der Waals surface area contributed by atoms with Gasteiger partial charge >= 0.3 is 12.3 Å². The molecule has 0 aliphatic rings. The molecule has 0 radical (unpaired) electrons. The molecule has 0 unspecified atom stereocenters. The van der Waals surface area contributed by atoms with Gasteiger partial charge in [0.05, 0.1) is 17.2 Å². The smallest absolute Gasteiger partial charge is 0.360 e. The number of H-pyrrole nitrogens is 1. The van der Waals surface area contributed by atoms with Gasteiger partial charge in [-0.05, 0) is 12.1 Å². The molecule has 3 nitrogen and oxygen atoms in total. The Morgan fingerprint density at radius 2 is 2.05 bits per heavy atom. The van der Waals surface area contributed by atoms with Crippen LogP contribution in [0, 0.1) is 11.3 Å². The second-order valence-corrected chi connectivity index (χ2v) is 3.80. The quantitative estimate of drug-likeness (QED) is 0.688. The van der Waals surface area contributed by atoms with Crippen LogP contribution in [-0.4, -0.2) is 23.1 Å². The van der Waals surface area contributed by atoms with Gasteiger partial charge in [0.25, 0.3) is 0 Å². The second-order valence-electron chi connectivity index (χ2n) is 3.80. The van der Waals surface area contributed by atoms with E-state index in [2.05, 4.69) is 4.98 Å². The summed E-state index contributed by atoms with van der Waals surface area (Å²) >= 11 is 0. The number of nitrogens with one attached hydrogen (secondary N) is 1. The first-order chi connectivity index (χ1) is 8.89. The normalized spacial score (nSPS) is 11.8. The van der Waals surface area contributed by atoms with Gasteiger partial charge in [-0.2, -0.15) is 14.0 Å². The third kappa shape index (κ3) is 1.95. The molecule has 1 aromatic carbocycles. The zero-order valence-electron chi connectivity index (χ0n) is 9.25. The van der Waals surface area contributed by atoms with E-state index in [0.717, 1.165) is 6.20 Å². The van der Waals surface area contributed by atoms with Crippen LogP contribution in [0.1, 0.15) is 15.9 Å². The molecule has 0 fully saturated rings. The van der Waals surface area contributed by atoms with E-state index in [1.807, 2.05) is 0 Å². The molecule has 7 heteroatoms. The molecular formula is C12H6F4N2O. The number of aromatic nitrogens is 1. The van der Waals surface area contributed by atoms with Crippen LogP contribution in [-0.2, 0) is 0 Å². The number of nitrogens with zero attached hydrogens (tertiary/aromatic N) is 1. The second kappa shape index (κ2) is 4.39. The van der Waals surface area contributed by atoms with E-state index >= 15 is 0 Å². The van der Waals surface area contributed by atoms with Crippen molar-refractivity contribution in [3.05, 3.63) is 35.5 Å². The highest BCUT2D eigenvalue weighted by Crippen LogP contribution is 2.31. The highest BCUT2D eigenvalue weighted by Gasteiger charge is 2.49. The maximum Gasteiger partial charge on any atom is 0.368 e. The number of hydrogen-bond donors (Lipinski definition) is 1. The molecule has 98 valence electrons. The summed E-state index contributed by atoms with van der Waals surface area (Å²) in [5, 5.41) is 8.79. The minimum Gasteiger partial charge on any atom is -0.360 e.